The van der Waals surface area contributed by atoms with Gasteiger partial charge in [-0.15, -0.1) is 0 Å². The smallest absolute Gasteiger partial charge is 0.152 e. The van der Waals surface area contributed by atoms with Crippen LogP contribution in [0.3, 0.4) is 0 Å². The maximum absolute atomic E-state index is 11.6. The van der Waals surface area contributed by atoms with Gasteiger partial charge in [0, 0.05) is 0 Å². The second kappa shape index (κ2) is 7.64. The first-order valence-corrected chi connectivity index (χ1v) is 8.70. The number of aliphatic hydroxyl groups is 1. The van der Waals surface area contributed by atoms with Gasteiger partial charge >= 0.3 is 0 Å². The molecule has 0 saturated heterocycles. The standard InChI is InChI=1S/C15H24O4S/c1-4-15(16)13-6-8-14(9-7-13)19-10-5-11-20(17,18)12(2)3/h6-9,12,15-16H,4-5,10-11H2,1-3H3. The maximum atomic E-state index is 11.6. The van der Waals surface area contributed by atoms with E-state index in [0.29, 0.717) is 25.2 Å². The van der Waals surface area contributed by atoms with Crippen molar-refractivity contribution >= 4 is 9.84 Å². The molecule has 0 aromatic heterocycles. The van der Waals surface area contributed by atoms with Crippen LogP contribution in [-0.4, -0.2) is 31.1 Å². The Balaban J connectivity index is 2.40. The monoisotopic (exact) mass is 300 g/mol. The van der Waals surface area contributed by atoms with Gasteiger partial charge in [0.05, 0.1) is 23.7 Å². The molecule has 0 radical (unpaired) electrons. The van der Waals surface area contributed by atoms with Crippen LogP contribution in [0.5, 0.6) is 5.75 Å². The number of sulfone groups is 1. The largest absolute Gasteiger partial charge is 0.494 e. The molecule has 0 amide bonds. The summed E-state index contributed by atoms with van der Waals surface area (Å²) in [5.41, 5.74) is 0.863. The fraction of sp³-hybridized carbons (Fsp3) is 0.600. The summed E-state index contributed by atoms with van der Waals surface area (Å²) in [5, 5.41) is 9.33. The van der Waals surface area contributed by atoms with Crippen LogP contribution in [0.2, 0.25) is 0 Å². The van der Waals surface area contributed by atoms with E-state index in [0.717, 1.165) is 5.56 Å². The second-order valence-electron chi connectivity index (χ2n) is 5.11. The minimum atomic E-state index is -2.99. The van der Waals surface area contributed by atoms with Gasteiger partial charge in [-0.1, -0.05) is 19.1 Å². The highest BCUT2D eigenvalue weighted by molar-refractivity contribution is 7.91. The maximum Gasteiger partial charge on any atom is 0.152 e. The summed E-state index contributed by atoms with van der Waals surface area (Å²) < 4.78 is 28.7. The van der Waals surface area contributed by atoms with E-state index in [1.165, 1.54) is 0 Å². The van der Waals surface area contributed by atoms with E-state index in [4.69, 9.17) is 4.74 Å². The average molecular weight is 300 g/mol. The van der Waals surface area contributed by atoms with Crippen LogP contribution in [0, 0.1) is 0 Å². The van der Waals surface area contributed by atoms with Crippen molar-refractivity contribution in [1.29, 1.82) is 0 Å². The van der Waals surface area contributed by atoms with Crippen molar-refractivity contribution in [2.24, 2.45) is 0 Å². The van der Waals surface area contributed by atoms with Crippen molar-refractivity contribution in [2.45, 2.75) is 45.0 Å². The number of benzene rings is 1. The number of aliphatic hydroxyl groups excluding tert-OH is 1. The van der Waals surface area contributed by atoms with Crippen LogP contribution < -0.4 is 4.74 Å². The topological polar surface area (TPSA) is 63.6 Å². The number of rotatable bonds is 8. The van der Waals surface area contributed by atoms with Gasteiger partial charge in [-0.05, 0) is 44.4 Å². The van der Waals surface area contributed by atoms with Crippen LogP contribution in [-0.2, 0) is 9.84 Å². The molecule has 5 heteroatoms. The molecule has 1 unspecified atom stereocenters. The van der Waals surface area contributed by atoms with E-state index in [1.807, 2.05) is 19.1 Å². The second-order valence-corrected chi connectivity index (χ2v) is 7.79. The van der Waals surface area contributed by atoms with Crippen LogP contribution in [0.15, 0.2) is 24.3 Å². The summed E-state index contributed by atoms with van der Waals surface area (Å²) in [6.45, 7) is 5.67. The molecule has 4 nitrogen and oxygen atoms in total. The predicted molar refractivity (Wildman–Crippen MR) is 80.7 cm³/mol. The Bertz CT molecular complexity index is 491. The highest BCUT2D eigenvalue weighted by Gasteiger charge is 2.15. The Kier molecular flexibility index (Phi) is 6.49. The van der Waals surface area contributed by atoms with Crippen molar-refractivity contribution in [3.8, 4) is 5.75 Å². The Labute approximate surface area is 121 Å². The summed E-state index contributed by atoms with van der Waals surface area (Å²) in [6.07, 6.45) is 0.716. The van der Waals surface area contributed by atoms with Gasteiger partial charge in [-0.25, -0.2) is 8.42 Å². The third kappa shape index (κ3) is 5.13. The molecule has 1 rings (SSSR count). The summed E-state index contributed by atoms with van der Waals surface area (Å²) in [6, 6.07) is 7.25. The highest BCUT2D eigenvalue weighted by Crippen LogP contribution is 2.19. The fourth-order valence-corrected chi connectivity index (χ4v) is 2.70. The quantitative estimate of drug-likeness (QED) is 0.750. The zero-order valence-electron chi connectivity index (χ0n) is 12.4. The molecule has 0 aliphatic carbocycles. The zero-order valence-corrected chi connectivity index (χ0v) is 13.2. The molecule has 114 valence electrons. The molecule has 0 fully saturated rings. The van der Waals surface area contributed by atoms with E-state index < -0.39 is 15.9 Å². The molecule has 0 bridgehead atoms. The lowest BCUT2D eigenvalue weighted by atomic mass is 10.1. The van der Waals surface area contributed by atoms with Crippen molar-refractivity contribution in [1.82, 2.24) is 0 Å². The van der Waals surface area contributed by atoms with Crippen molar-refractivity contribution in [3.05, 3.63) is 29.8 Å². The molecule has 1 atom stereocenters. The van der Waals surface area contributed by atoms with Crippen LogP contribution in [0.1, 0.15) is 45.3 Å². The minimum Gasteiger partial charge on any atom is -0.494 e. The van der Waals surface area contributed by atoms with E-state index in [1.54, 1.807) is 26.0 Å². The first-order chi connectivity index (χ1) is 9.36. The Morgan fingerprint density at radius 3 is 2.30 bits per heavy atom. The van der Waals surface area contributed by atoms with Gasteiger partial charge < -0.3 is 9.84 Å². The zero-order chi connectivity index (χ0) is 15.2. The minimum absolute atomic E-state index is 0.150. The van der Waals surface area contributed by atoms with Crippen LogP contribution in [0.4, 0.5) is 0 Å². The van der Waals surface area contributed by atoms with Gasteiger partial charge in [0.25, 0.3) is 0 Å². The molecule has 0 aliphatic rings. The van der Waals surface area contributed by atoms with Gasteiger partial charge in [0.1, 0.15) is 5.75 Å². The lowest BCUT2D eigenvalue weighted by molar-refractivity contribution is 0.173. The van der Waals surface area contributed by atoms with Crippen molar-refractivity contribution < 1.29 is 18.3 Å². The molecule has 1 aromatic carbocycles. The van der Waals surface area contributed by atoms with E-state index in [9.17, 15) is 13.5 Å². The molecule has 0 aliphatic heterocycles. The van der Waals surface area contributed by atoms with Crippen molar-refractivity contribution in [2.75, 3.05) is 12.4 Å². The Morgan fingerprint density at radius 1 is 1.20 bits per heavy atom. The average Bonchev–Trinajstić information content (AvgIpc) is 2.43. The van der Waals surface area contributed by atoms with Crippen LogP contribution in [0.25, 0.3) is 0 Å². The Hall–Kier alpha value is -1.07. The molecule has 0 spiro atoms. The lowest BCUT2D eigenvalue weighted by Crippen LogP contribution is -2.19. The van der Waals surface area contributed by atoms with Gasteiger partial charge in [-0.2, -0.15) is 0 Å². The first kappa shape index (κ1) is 17.0. The summed E-state index contributed by atoms with van der Waals surface area (Å²) in [5.74, 6) is 0.844. The predicted octanol–water partition coefficient (Wildman–Crippen LogP) is 2.72. The van der Waals surface area contributed by atoms with E-state index >= 15 is 0 Å². The lowest BCUT2D eigenvalue weighted by Gasteiger charge is -2.11. The third-order valence-electron chi connectivity index (χ3n) is 3.21. The fourth-order valence-electron chi connectivity index (χ4n) is 1.71. The number of ether oxygens (including phenoxy) is 1. The molecular formula is C15H24O4S. The van der Waals surface area contributed by atoms with Gasteiger partial charge in [-0.3, -0.25) is 0 Å². The van der Waals surface area contributed by atoms with Crippen molar-refractivity contribution in [3.63, 3.8) is 0 Å². The molecule has 1 aromatic rings. The van der Waals surface area contributed by atoms with Gasteiger partial charge in [0.15, 0.2) is 9.84 Å². The Morgan fingerprint density at radius 2 is 1.80 bits per heavy atom. The van der Waals surface area contributed by atoms with E-state index in [2.05, 4.69) is 0 Å². The summed E-state index contributed by atoms with van der Waals surface area (Å²) in [7, 11) is -2.99. The van der Waals surface area contributed by atoms with E-state index in [-0.39, 0.29) is 11.0 Å². The molecular weight excluding hydrogens is 276 g/mol. The normalized spacial score (nSPS) is 13.4. The van der Waals surface area contributed by atoms with Gasteiger partial charge in [0.2, 0.25) is 0 Å². The molecule has 0 saturated carbocycles. The number of hydrogen-bond donors (Lipinski definition) is 1. The molecule has 0 heterocycles. The molecule has 1 N–H and O–H groups in total. The summed E-state index contributed by atoms with van der Waals surface area (Å²) >= 11 is 0. The third-order valence-corrected chi connectivity index (χ3v) is 5.51. The highest BCUT2D eigenvalue weighted by atomic mass is 32.2. The first-order valence-electron chi connectivity index (χ1n) is 6.99. The summed E-state index contributed by atoms with van der Waals surface area (Å²) in [4.78, 5) is 0. The molecule has 20 heavy (non-hydrogen) atoms. The van der Waals surface area contributed by atoms with Crippen LogP contribution >= 0.6 is 0 Å². The SMILES string of the molecule is CCC(O)c1ccc(OCCCS(=O)(=O)C(C)C)cc1. The number of hydrogen-bond acceptors (Lipinski definition) is 4.